The first-order chi connectivity index (χ1) is 10.6. The zero-order valence-corrected chi connectivity index (χ0v) is 14.3. The van der Waals surface area contributed by atoms with Gasteiger partial charge in [0.1, 0.15) is 0 Å². The lowest BCUT2D eigenvalue weighted by molar-refractivity contribution is -0.138. The van der Waals surface area contributed by atoms with Crippen LogP contribution in [-0.4, -0.2) is 42.9 Å². The summed E-state index contributed by atoms with van der Waals surface area (Å²) in [6.07, 6.45) is 7.91. The van der Waals surface area contributed by atoms with Gasteiger partial charge in [-0.3, -0.25) is 9.59 Å². The molecule has 0 unspecified atom stereocenters. The van der Waals surface area contributed by atoms with Crippen molar-refractivity contribution in [1.29, 1.82) is 0 Å². The minimum Gasteiger partial charge on any atom is -0.355 e. The summed E-state index contributed by atoms with van der Waals surface area (Å²) in [6.45, 7) is 6.10. The average Bonchev–Trinajstić information content (AvgIpc) is 2.53. The molecule has 1 aliphatic rings. The van der Waals surface area contributed by atoms with Gasteiger partial charge in [0.2, 0.25) is 11.8 Å². The van der Waals surface area contributed by atoms with Crippen molar-refractivity contribution in [3.05, 3.63) is 0 Å². The van der Waals surface area contributed by atoms with Crippen molar-refractivity contribution in [2.45, 2.75) is 65.2 Å². The molecule has 0 aromatic heterocycles. The Bertz CT molecular complexity index is 352. The summed E-state index contributed by atoms with van der Waals surface area (Å²) >= 11 is 0. The van der Waals surface area contributed by atoms with Crippen molar-refractivity contribution in [3.8, 4) is 0 Å². The molecule has 1 rings (SSSR count). The van der Waals surface area contributed by atoms with Crippen LogP contribution in [0.2, 0.25) is 0 Å². The molecule has 0 bridgehead atoms. The number of hydrogen-bond acceptors (Lipinski definition) is 3. The van der Waals surface area contributed by atoms with Crippen molar-refractivity contribution in [3.63, 3.8) is 0 Å². The summed E-state index contributed by atoms with van der Waals surface area (Å²) in [5.74, 6) is 0.0231. The lowest BCUT2D eigenvalue weighted by atomic mass is 9.71. The van der Waals surface area contributed by atoms with Gasteiger partial charge in [0, 0.05) is 19.5 Å². The number of nitrogens with one attached hydrogen (secondary N) is 1. The van der Waals surface area contributed by atoms with Crippen LogP contribution in [-0.2, 0) is 9.59 Å². The minimum atomic E-state index is -0.0610. The van der Waals surface area contributed by atoms with E-state index in [9.17, 15) is 9.59 Å². The molecule has 1 fully saturated rings. The van der Waals surface area contributed by atoms with Gasteiger partial charge in [-0.1, -0.05) is 33.1 Å². The maximum atomic E-state index is 12.7. The minimum absolute atomic E-state index is 0.0405. The molecule has 0 atom stereocenters. The van der Waals surface area contributed by atoms with Crippen molar-refractivity contribution >= 4 is 11.8 Å². The fraction of sp³-hybridized carbons (Fsp3) is 0.882. The Morgan fingerprint density at radius 2 is 1.82 bits per heavy atom. The lowest BCUT2D eigenvalue weighted by Crippen LogP contribution is -2.45. The third kappa shape index (κ3) is 5.95. The van der Waals surface area contributed by atoms with Gasteiger partial charge in [-0.2, -0.15) is 0 Å². The highest BCUT2D eigenvalue weighted by molar-refractivity contribution is 5.85. The summed E-state index contributed by atoms with van der Waals surface area (Å²) in [4.78, 5) is 26.3. The van der Waals surface area contributed by atoms with Crippen LogP contribution in [0.4, 0.5) is 0 Å². The number of hydrogen-bond donors (Lipinski definition) is 2. The van der Waals surface area contributed by atoms with Crippen LogP contribution in [0.3, 0.4) is 0 Å². The maximum absolute atomic E-state index is 12.7. The van der Waals surface area contributed by atoms with Crippen LogP contribution in [0.5, 0.6) is 0 Å². The number of rotatable bonds is 9. The van der Waals surface area contributed by atoms with E-state index in [2.05, 4.69) is 5.32 Å². The fourth-order valence-corrected chi connectivity index (χ4v) is 3.24. The van der Waals surface area contributed by atoms with Gasteiger partial charge in [-0.15, -0.1) is 0 Å². The molecule has 0 aromatic carbocycles. The molecular weight excluding hydrogens is 278 g/mol. The zero-order chi connectivity index (χ0) is 16.4. The van der Waals surface area contributed by atoms with Gasteiger partial charge in [0.05, 0.1) is 6.54 Å². The Labute approximate surface area is 135 Å². The van der Waals surface area contributed by atoms with Crippen molar-refractivity contribution in [2.75, 3.05) is 26.2 Å². The van der Waals surface area contributed by atoms with Crippen molar-refractivity contribution in [2.24, 2.45) is 11.1 Å². The van der Waals surface area contributed by atoms with Crippen LogP contribution in [0.1, 0.15) is 65.2 Å². The van der Waals surface area contributed by atoms with Crippen LogP contribution in [0.25, 0.3) is 0 Å². The Kier molecular flexibility index (Phi) is 8.46. The molecule has 0 aliphatic heterocycles. The number of carbonyl (C=O) groups is 2. The van der Waals surface area contributed by atoms with Gasteiger partial charge in [-0.25, -0.2) is 0 Å². The first-order valence-corrected chi connectivity index (χ1v) is 8.81. The van der Waals surface area contributed by atoms with E-state index in [4.69, 9.17) is 5.73 Å². The second-order valence-corrected chi connectivity index (χ2v) is 6.61. The third-order valence-electron chi connectivity index (χ3n) is 4.63. The topological polar surface area (TPSA) is 75.4 Å². The zero-order valence-electron chi connectivity index (χ0n) is 14.3. The first-order valence-electron chi connectivity index (χ1n) is 8.81. The molecule has 1 saturated carbocycles. The maximum Gasteiger partial charge on any atom is 0.239 e. The largest absolute Gasteiger partial charge is 0.355 e. The molecule has 0 radical (unpaired) electrons. The number of nitrogens with zero attached hydrogens (tertiary/aromatic N) is 1. The van der Waals surface area contributed by atoms with Crippen LogP contribution in [0.15, 0.2) is 0 Å². The quantitative estimate of drug-likeness (QED) is 0.684. The molecule has 0 heterocycles. The van der Waals surface area contributed by atoms with Gasteiger partial charge in [0.25, 0.3) is 0 Å². The van der Waals surface area contributed by atoms with Crippen LogP contribution >= 0.6 is 0 Å². The SMILES string of the molecule is CCCNC(=O)CN(CCC)C(=O)CC1(CN)CCCCC1. The van der Waals surface area contributed by atoms with Gasteiger partial charge in [-0.05, 0) is 37.6 Å². The highest BCUT2D eigenvalue weighted by Gasteiger charge is 2.34. The Morgan fingerprint density at radius 1 is 1.14 bits per heavy atom. The molecule has 5 nitrogen and oxygen atoms in total. The summed E-state index contributed by atoms with van der Waals surface area (Å²) in [5, 5.41) is 2.85. The normalized spacial score (nSPS) is 17.0. The second kappa shape index (κ2) is 9.82. The number of carbonyl (C=O) groups excluding carboxylic acids is 2. The molecule has 5 heteroatoms. The van der Waals surface area contributed by atoms with E-state index in [1.54, 1.807) is 4.90 Å². The third-order valence-corrected chi connectivity index (χ3v) is 4.63. The van der Waals surface area contributed by atoms with Gasteiger partial charge >= 0.3 is 0 Å². The van der Waals surface area contributed by atoms with Crippen molar-refractivity contribution < 1.29 is 9.59 Å². The predicted octanol–water partition coefficient (Wildman–Crippen LogP) is 2.05. The van der Waals surface area contributed by atoms with Gasteiger partial charge in [0.15, 0.2) is 0 Å². The molecule has 128 valence electrons. The van der Waals surface area contributed by atoms with Crippen LogP contribution in [0, 0.1) is 5.41 Å². The van der Waals surface area contributed by atoms with Crippen molar-refractivity contribution in [1.82, 2.24) is 10.2 Å². The van der Waals surface area contributed by atoms with E-state index < -0.39 is 0 Å². The number of nitrogens with two attached hydrogens (primary N) is 1. The highest BCUT2D eigenvalue weighted by atomic mass is 16.2. The summed E-state index contributed by atoms with van der Waals surface area (Å²) in [5.41, 5.74) is 5.94. The molecule has 0 spiro atoms. The Balaban J connectivity index is 2.61. The summed E-state index contributed by atoms with van der Waals surface area (Å²) in [7, 11) is 0. The molecule has 3 N–H and O–H groups in total. The molecular formula is C17H33N3O2. The highest BCUT2D eigenvalue weighted by Crippen LogP contribution is 2.38. The van der Waals surface area contributed by atoms with E-state index in [-0.39, 0.29) is 23.8 Å². The van der Waals surface area contributed by atoms with E-state index in [0.717, 1.165) is 38.5 Å². The van der Waals surface area contributed by atoms with Crippen LogP contribution < -0.4 is 11.1 Å². The van der Waals surface area contributed by atoms with E-state index in [0.29, 0.717) is 26.1 Å². The molecule has 22 heavy (non-hydrogen) atoms. The predicted molar refractivity (Wildman–Crippen MR) is 89.4 cm³/mol. The summed E-state index contributed by atoms with van der Waals surface area (Å²) in [6, 6.07) is 0. The monoisotopic (exact) mass is 311 g/mol. The standard InChI is InChI=1S/C17H33N3O2/c1-3-10-19-15(21)13-20(11-4-2)16(22)12-17(14-18)8-6-5-7-9-17/h3-14,18H2,1-2H3,(H,19,21). The second-order valence-electron chi connectivity index (χ2n) is 6.61. The average molecular weight is 311 g/mol. The smallest absolute Gasteiger partial charge is 0.239 e. The molecule has 0 aromatic rings. The lowest BCUT2D eigenvalue weighted by Gasteiger charge is -2.37. The molecule has 2 amide bonds. The number of amides is 2. The van der Waals surface area contributed by atoms with Gasteiger partial charge < -0.3 is 16.0 Å². The Morgan fingerprint density at radius 3 is 2.36 bits per heavy atom. The first kappa shape index (κ1) is 18.9. The fourth-order valence-electron chi connectivity index (χ4n) is 3.24. The summed E-state index contributed by atoms with van der Waals surface area (Å²) < 4.78 is 0. The van der Waals surface area contributed by atoms with E-state index in [1.165, 1.54) is 6.42 Å². The Hall–Kier alpha value is -1.10. The molecule has 1 aliphatic carbocycles. The van der Waals surface area contributed by atoms with E-state index >= 15 is 0 Å². The molecule has 0 saturated heterocycles. The van der Waals surface area contributed by atoms with E-state index in [1.807, 2.05) is 13.8 Å².